The van der Waals surface area contributed by atoms with Gasteiger partial charge in [0.25, 0.3) is 0 Å². The second-order valence-corrected chi connectivity index (χ2v) is 4.34. The lowest BCUT2D eigenvalue weighted by Gasteiger charge is -2.21. The second-order valence-electron chi connectivity index (χ2n) is 4.34. The predicted molar refractivity (Wildman–Crippen MR) is 65.5 cm³/mol. The van der Waals surface area contributed by atoms with Crippen LogP contribution in [0.1, 0.15) is 18.4 Å². The van der Waals surface area contributed by atoms with Gasteiger partial charge in [-0.15, -0.1) is 0 Å². The van der Waals surface area contributed by atoms with Crippen molar-refractivity contribution in [2.75, 3.05) is 18.4 Å². The van der Waals surface area contributed by atoms with Gasteiger partial charge in [0.2, 0.25) is 6.41 Å². The highest BCUT2D eigenvalue weighted by molar-refractivity contribution is 5.51. The number of carbonyl (C=O) groups excluding carboxylic acids is 1. The zero-order chi connectivity index (χ0) is 11.4. The van der Waals surface area contributed by atoms with E-state index in [-0.39, 0.29) is 0 Å². The average Bonchev–Trinajstić information content (AvgIpc) is 2.75. The SMILES string of the molecule is Cc1ccccc1NCC1CCCN1C=O. The van der Waals surface area contributed by atoms with E-state index in [2.05, 4.69) is 24.4 Å². The van der Waals surface area contributed by atoms with Gasteiger partial charge < -0.3 is 10.2 Å². The smallest absolute Gasteiger partial charge is 0.210 e. The van der Waals surface area contributed by atoms with Crippen LogP contribution in [0.3, 0.4) is 0 Å². The molecule has 86 valence electrons. The van der Waals surface area contributed by atoms with Gasteiger partial charge >= 0.3 is 0 Å². The first-order valence-electron chi connectivity index (χ1n) is 5.82. The second kappa shape index (κ2) is 5.01. The van der Waals surface area contributed by atoms with E-state index in [4.69, 9.17) is 0 Å². The molecule has 1 heterocycles. The summed E-state index contributed by atoms with van der Waals surface area (Å²) in [5, 5.41) is 3.42. The molecule has 0 spiro atoms. The molecule has 1 fully saturated rings. The zero-order valence-corrected chi connectivity index (χ0v) is 9.65. The predicted octanol–water partition coefficient (Wildman–Crippen LogP) is 2.03. The first-order chi connectivity index (χ1) is 7.81. The third kappa shape index (κ3) is 2.35. The van der Waals surface area contributed by atoms with Gasteiger partial charge in [-0.2, -0.15) is 0 Å². The summed E-state index contributed by atoms with van der Waals surface area (Å²) < 4.78 is 0. The summed E-state index contributed by atoms with van der Waals surface area (Å²) in [5.74, 6) is 0. The number of likely N-dealkylation sites (tertiary alicyclic amines) is 1. The number of aryl methyl sites for hydroxylation is 1. The number of nitrogens with one attached hydrogen (secondary N) is 1. The Balaban J connectivity index is 1.92. The quantitative estimate of drug-likeness (QED) is 0.784. The number of amides is 1. The number of para-hydroxylation sites is 1. The van der Waals surface area contributed by atoms with Crippen LogP contribution in [0.25, 0.3) is 0 Å². The monoisotopic (exact) mass is 218 g/mol. The van der Waals surface area contributed by atoms with E-state index in [0.29, 0.717) is 6.04 Å². The minimum Gasteiger partial charge on any atom is -0.383 e. The molecule has 0 radical (unpaired) electrons. The van der Waals surface area contributed by atoms with Crippen molar-refractivity contribution in [2.45, 2.75) is 25.8 Å². The zero-order valence-electron chi connectivity index (χ0n) is 9.65. The van der Waals surface area contributed by atoms with Crippen LogP contribution in [-0.2, 0) is 4.79 Å². The first kappa shape index (κ1) is 11.0. The standard InChI is InChI=1S/C13H18N2O/c1-11-5-2-3-7-13(11)14-9-12-6-4-8-15(12)10-16/h2-3,5,7,10,12,14H,4,6,8-9H2,1H3. The fourth-order valence-electron chi connectivity index (χ4n) is 2.21. The molecule has 1 aliphatic rings. The van der Waals surface area contributed by atoms with Crippen LogP contribution in [0.5, 0.6) is 0 Å². The number of rotatable bonds is 4. The van der Waals surface area contributed by atoms with Crippen LogP contribution >= 0.6 is 0 Å². The van der Waals surface area contributed by atoms with Crippen LogP contribution in [0.2, 0.25) is 0 Å². The number of benzene rings is 1. The Morgan fingerprint density at radius 1 is 1.50 bits per heavy atom. The van der Waals surface area contributed by atoms with Crippen molar-refractivity contribution in [1.29, 1.82) is 0 Å². The molecule has 16 heavy (non-hydrogen) atoms. The fourth-order valence-corrected chi connectivity index (χ4v) is 2.21. The van der Waals surface area contributed by atoms with Gasteiger partial charge in [0.1, 0.15) is 0 Å². The minimum atomic E-state index is 0.358. The molecular formula is C13H18N2O. The normalized spacial score (nSPS) is 19.8. The number of hydrogen-bond acceptors (Lipinski definition) is 2. The van der Waals surface area contributed by atoms with E-state index in [1.54, 1.807) is 0 Å². The minimum absolute atomic E-state index is 0.358. The Hall–Kier alpha value is -1.51. The number of nitrogens with zero attached hydrogens (tertiary/aromatic N) is 1. The summed E-state index contributed by atoms with van der Waals surface area (Å²) in [6, 6.07) is 8.59. The van der Waals surface area contributed by atoms with Crippen molar-refractivity contribution in [2.24, 2.45) is 0 Å². The summed E-state index contributed by atoms with van der Waals surface area (Å²) in [4.78, 5) is 12.7. The molecular weight excluding hydrogens is 200 g/mol. The maximum absolute atomic E-state index is 10.8. The van der Waals surface area contributed by atoms with E-state index in [9.17, 15) is 4.79 Å². The fraction of sp³-hybridized carbons (Fsp3) is 0.462. The van der Waals surface area contributed by atoms with Crippen molar-refractivity contribution in [3.8, 4) is 0 Å². The lowest BCUT2D eigenvalue weighted by atomic mass is 10.2. The maximum Gasteiger partial charge on any atom is 0.210 e. The molecule has 2 rings (SSSR count). The molecule has 0 aromatic heterocycles. The van der Waals surface area contributed by atoms with Gasteiger partial charge in [0, 0.05) is 24.8 Å². The maximum atomic E-state index is 10.8. The van der Waals surface area contributed by atoms with Gasteiger partial charge in [-0.1, -0.05) is 18.2 Å². The molecule has 0 saturated carbocycles. The van der Waals surface area contributed by atoms with E-state index in [1.807, 2.05) is 17.0 Å². The van der Waals surface area contributed by atoms with Crippen LogP contribution in [0.15, 0.2) is 24.3 Å². The summed E-state index contributed by atoms with van der Waals surface area (Å²) in [5.41, 5.74) is 2.42. The molecule has 1 aromatic carbocycles. The van der Waals surface area contributed by atoms with Crippen molar-refractivity contribution in [3.63, 3.8) is 0 Å². The summed E-state index contributed by atoms with van der Waals surface area (Å²) in [6.45, 7) is 3.85. The van der Waals surface area contributed by atoms with Crippen molar-refractivity contribution >= 4 is 12.1 Å². The van der Waals surface area contributed by atoms with Gasteiger partial charge in [0.05, 0.1) is 0 Å². The molecule has 1 aromatic rings. The molecule has 0 aliphatic carbocycles. The highest BCUT2D eigenvalue weighted by Crippen LogP contribution is 2.18. The van der Waals surface area contributed by atoms with Crippen molar-refractivity contribution < 1.29 is 4.79 Å². The van der Waals surface area contributed by atoms with E-state index in [1.165, 1.54) is 11.3 Å². The van der Waals surface area contributed by atoms with E-state index in [0.717, 1.165) is 32.3 Å². The third-order valence-electron chi connectivity index (χ3n) is 3.23. The van der Waals surface area contributed by atoms with Crippen LogP contribution in [0.4, 0.5) is 5.69 Å². The van der Waals surface area contributed by atoms with Gasteiger partial charge in [-0.25, -0.2) is 0 Å². The van der Waals surface area contributed by atoms with Crippen molar-refractivity contribution in [1.82, 2.24) is 4.90 Å². The molecule has 3 heteroatoms. The molecule has 1 saturated heterocycles. The van der Waals surface area contributed by atoms with E-state index >= 15 is 0 Å². The summed E-state index contributed by atoms with van der Waals surface area (Å²) in [6.07, 6.45) is 3.20. The highest BCUT2D eigenvalue weighted by Gasteiger charge is 2.22. The summed E-state index contributed by atoms with van der Waals surface area (Å²) in [7, 11) is 0. The molecule has 1 atom stereocenters. The van der Waals surface area contributed by atoms with Crippen LogP contribution in [0, 0.1) is 6.92 Å². The number of hydrogen-bond donors (Lipinski definition) is 1. The summed E-state index contributed by atoms with van der Waals surface area (Å²) >= 11 is 0. The number of anilines is 1. The Kier molecular flexibility index (Phi) is 3.44. The molecule has 3 nitrogen and oxygen atoms in total. The van der Waals surface area contributed by atoms with Gasteiger partial charge in [-0.05, 0) is 31.4 Å². The Morgan fingerprint density at radius 3 is 3.06 bits per heavy atom. The van der Waals surface area contributed by atoms with Crippen LogP contribution in [-0.4, -0.2) is 30.4 Å². The molecule has 1 unspecified atom stereocenters. The molecule has 1 amide bonds. The molecule has 0 bridgehead atoms. The van der Waals surface area contributed by atoms with E-state index < -0.39 is 0 Å². The largest absolute Gasteiger partial charge is 0.383 e. The van der Waals surface area contributed by atoms with Gasteiger partial charge in [-0.3, -0.25) is 4.79 Å². The number of carbonyl (C=O) groups is 1. The molecule has 1 aliphatic heterocycles. The highest BCUT2D eigenvalue weighted by atomic mass is 16.1. The van der Waals surface area contributed by atoms with Gasteiger partial charge in [0.15, 0.2) is 0 Å². The third-order valence-corrected chi connectivity index (χ3v) is 3.23. The Labute approximate surface area is 96.5 Å². The topological polar surface area (TPSA) is 32.3 Å². The lowest BCUT2D eigenvalue weighted by Crippen LogP contribution is -2.33. The average molecular weight is 218 g/mol. The first-order valence-corrected chi connectivity index (χ1v) is 5.82. The Bertz CT molecular complexity index is 365. The van der Waals surface area contributed by atoms with Crippen molar-refractivity contribution in [3.05, 3.63) is 29.8 Å². The molecule has 1 N–H and O–H groups in total. The Morgan fingerprint density at radius 2 is 2.31 bits per heavy atom. The van der Waals surface area contributed by atoms with Crippen LogP contribution < -0.4 is 5.32 Å². The lowest BCUT2D eigenvalue weighted by molar-refractivity contribution is -0.118.